The molecule has 0 amide bonds. The molecular weight excluding hydrogens is 213 g/mol. The van der Waals surface area contributed by atoms with Gasteiger partial charge < -0.3 is 5.11 Å². The van der Waals surface area contributed by atoms with Gasteiger partial charge in [-0.05, 0) is 24.3 Å². The first-order chi connectivity index (χ1) is 5.79. The number of hydrogen-bond acceptors (Lipinski definition) is 2. The minimum atomic E-state index is 0. The topological polar surface area (TPSA) is 33.1 Å². The number of benzene rings is 1. The molecule has 1 aromatic carbocycles. The fourth-order valence-corrected chi connectivity index (χ4v) is 1.34. The van der Waals surface area contributed by atoms with Gasteiger partial charge in [-0.2, -0.15) is 0 Å². The van der Waals surface area contributed by atoms with Crippen LogP contribution < -0.4 is 0 Å². The van der Waals surface area contributed by atoms with E-state index in [2.05, 4.69) is 4.98 Å². The number of hydrogen-bond donors (Lipinski definition) is 1. The molecule has 1 aromatic heterocycles. The second kappa shape index (κ2) is 4.73. The van der Waals surface area contributed by atoms with E-state index in [4.69, 9.17) is 11.6 Å². The normalized spacial score (nSPS) is 9.62. The Morgan fingerprint density at radius 2 is 2.00 bits per heavy atom. The predicted molar refractivity (Wildman–Crippen MR) is 55.6 cm³/mol. The zero-order valence-electron chi connectivity index (χ0n) is 6.16. The van der Waals surface area contributed by atoms with Crippen LogP contribution in [0.25, 0.3) is 10.9 Å². The number of pyridine rings is 1. The molecule has 0 fully saturated rings. The summed E-state index contributed by atoms with van der Waals surface area (Å²) in [6.07, 6.45) is 1.62. The molecule has 62 valence electrons. The van der Waals surface area contributed by atoms with Gasteiger partial charge in [0.25, 0.3) is 0 Å². The molecule has 13 heavy (non-hydrogen) atoms. The number of aromatic hydroxyl groups is 1. The van der Waals surface area contributed by atoms with Crippen molar-refractivity contribution < 1.29 is 5.11 Å². The van der Waals surface area contributed by atoms with Crippen LogP contribution in [-0.4, -0.2) is 61.5 Å². The van der Waals surface area contributed by atoms with Gasteiger partial charge in [0.1, 0.15) is 11.3 Å². The maximum absolute atomic E-state index is 9.37. The van der Waals surface area contributed by atoms with Crippen LogP contribution in [0.1, 0.15) is 0 Å². The molecular formula is C9H7ClKNO. The third kappa shape index (κ3) is 2.23. The summed E-state index contributed by atoms with van der Waals surface area (Å²) in [6, 6.07) is 6.80. The van der Waals surface area contributed by atoms with E-state index in [0.29, 0.717) is 10.5 Å². The van der Waals surface area contributed by atoms with Crippen LogP contribution in [0.3, 0.4) is 0 Å². The molecule has 0 radical (unpaired) electrons. The number of aromatic nitrogens is 1. The van der Waals surface area contributed by atoms with Crippen LogP contribution in [0.2, 0.25) is 5.02 Å². The van der Waals surface area contributed by atoms with Gasteiger partial charge in [-0.15, -0.1) is 0 Å². The molecule has 1 N–H and O–H groups in total. The van der Waals surface area contributed by atoms with Crippen molar-refractivity contribution in [2.24, 2.45) is 0 Å². The van der Waals surface area contributed by atoms with E-state index in [1.165, 1.54) is 6.07 Å². The van der Waals surface area contributed by atoms with Crippen LogP contribution in [0.4, 0.5) is 0 Å². The van der Waals surface area contributed by atoms with Crippen LogP contribution >= 0.6 is 11.6 Å². The number of halogens is 1. The fourth-order valence-electron chi connectivity index (χ4n) is 1.12. The van der Waals surface area contributed by atoms with Gasteiger partial charge in [0, 0.05) is 11.6 Å². The van der Waals surface area contributed by atoms with E-state index in [0.717, 1.165) is 5.39 Å². The van der Waals surface area contributed by atoms with Crippen molar-refractivity contribution in [3.05, 3.63) is 35.5 Å². The van der Waals surface area contributed by atoms with Crippen LogP contribution in [0.5, 0.6) is 5.75 Å². The van der Waals surface area contributed by atoms with E-state index in [1.807, 2.05) is 6.07 Å². The zero-order chi connectivity index (χ0) is 8.55. The van der Waals surface area contributed by atoms with Gasteiger partial charge in [-0.3, -0.25) is 4.98 Å². The molecule has 0 aliphatic carbocycles. The van der Waals surface area contributed by atoms with Crippen LogP contribution in [0, 0.1) is 0 Å². The number of phenols is 1. The van der Waals surface area contributed by atoms with Gasteiger partial charge in [0.2, 0.25) is 0 Å². The van der Waals surface area contributed by atoms with Crippen molar-refractivity contribution in [3.8, 4) is 5.75 Å². The Morgan fingerprint density at radius 3 is 2.69 bits per heavy atom. The van der Waals surface area contributed by atoms with E-state index in [-0.39, 0.29) is 57.1 Å². The Balaban J connectivity index is 0.000000845. The standard InChI is InChI=1S/C9H6ClNO.K.H/c10-7-3-4-8(12)9-6(7)2-1-5-11-9;;/h1-5,12H;;. The summed E-state index contributed by atoms with van der Waals surface area (Å²) < 4.78 is 0. The average Bonchev–Trinajstić information content (AvgIpc) is 2.12. The number of phenolic OH excluding ortho intramolecular Hbond substituents is 1. The van der Waals surface area contributed by atoms with E-state index in [9.17, 15) is 5.11 Å². The van der Waals surface area contributed by atoms with Crippen molar-refractivity contribution in [3.63, 3.8) is 0 Å². The van der Waals surface area contributed by atoms with Crippen molar-refractivity contribution >= 4 is 73.9 Å². The second-order valence-electron chi connectivity index (χ2n) is 2.47. The third-order valence-corrected chi connectivity index (χ3v) is 2.02. The molecule has 0 saturated carbocycles. The fraction of sp³-hybridized carbons (Fsp3) is 0. The predicted octanol–water partition coefficient (Wildman–Crippen LogP) is 1.95. The van der Waals surface area contributed by atoms with Gasteiger partial charge in [-0.25, -0.2) is 0 Å². The van der Waals surface area contributed by atoms with Gasteiger partial charge in [0.05, 0.1) is 5.02 Å². The third-order valence-electron chi connectivity index (χ3n) is 1.70. The first-order valence-corrected chi connectivity index (χ1v) is 3.89. The Hall–Kier alpha value is 0.356. The van der Waals surface area contributed by atoms with Gasteiger partial charge in [-0.1, -0.05) is 11.6 Å². The quantitative estimate of drug-likeness (QED) is 0.687. The molecule has 0 saturated heterocycles. The molecule has 0 bridgehead atoms. The molecule has 0 spiro atoms. The summed E-state index contributed by atoms with van der Waals surface area (Å²) in [7, 11) is 0. The Bertz CT molecular complexity index is 392. The minimum absolute atomic E-state index is 0. The monoisotopic (exact) mass is 219 g/mol. The summed E-state index contributed by atoms with van der Waals surface area (Å²) in [5, 5.41) is 10.8. The maximum atomic E-state index is 9.37. The van der Waals surface area contributed by atoms with Crippen molar-refractivity contribution in [1.82, 2.24) is 4.98 Å². The number of fused-ring (bicyclic) bond motifs is 1. The Morgan fingerprint density at radius 1 is 1.23 bits per heavy atom. The summed E-state index contributed by atoms with van der Waals surface area (Å²) in [6.45, 7) is 0. The molecule has 2 aromatic rings. The molecule has 1 heterocycles. The molecule has 2 rings (SSSR count). The Kier molecular flexibility index (Phi) is 4.16. The molecule has 0 unspecified atom stereocenters. The summed E-state index contributed by atoms with van der Waals surface area (Å²) in [4.78, 5) is 4.01. The number of nitrogens with zero attached hydrogens (tertiary/aromatic N) is 1. The van der Waals surface area contributed by atoms with Crippen molar-refractivity contribution in [1.29, 1.82) is 0 Å². The summed E-state index contributed by atoms with van der Waals surface area (Å²) >= 11 is 5.88. The van der Waals surface area contributed by atoms with Crippen molar-refractivity contribution in [2.75, 3.05) is 0 Å². The molecule has 2 nitrogen and oxygen atoms in total. The second-order valence-corrected chi connectivity index (χ2v) is 2.87. The van der Waals surface area contributed by atoms with Gasteiger partial charge >= 0.3 is 51.4 Å². The molecule has 0 atom stereocenters. The number of rotatable bonds is 0. The summed E-state index contributed by atoms with van der Waals surface area (Å²) in [5.41, 5.74) is 0.546. The van der Waals surface area contributed by atoms with Gasteiger partial charge in [0.15, 0.2) is 0 Å². The van der Waals surface area contributed by atoms with E-state index >= 15 is 0 Å². The van der Waals surface area contributed by atoms with Crippen LogP contribution in [0.15, 0.2) is 30.5 Å². The zero-order valence-corrected chi connectivity index (χ0v) is 6.92. The first-order valence-electron chi connectivity index (χ1n) is 3.51. The van der Waals surface area contributed by atoms with E-state index in [1.54, 1.807) is 18.3 Å². The molecule has 0 aliphatic rings. The van der Waals surface area contributed by atoms with Crippen LogP contribution in [-0.2, 0) is 0 Å². The Labute approximate surface area is 123 Å². The summed E-state index contributed by atoms with van der Waals surface area (Å²) in [5.74, 6) is 0.162. The molecule has 4 heteroatoms. The van der Waals surface area contributed by atoms with E-state index < -0.39 is 0 Å². The average molecular weight is 220 g/mol. The molecule has 0 aliphatic heterocycles. The first kappa shape index (κ1) is 11.4. The van der Waals surface area contributed by atoms with Crippen molar-refractivity contribution in [2.45, 2.75) is 0 Å². The SMILES string of the molecule is Oc1ccc(Cl)c2cccnc12.[KH].